The number of alkyl halides is 3. The molecule has 3 aromatic rings. The minimum absolute atomic E-state index is 0.0266. The molecule has 0 bridgehead atoms. The molecule has 190 valence electrons. The van der Waals surface area contributed by atoms with Crippen LogP contribution in [-0.2, 0) is 17.5 Å². The maximum Gasteiger partial charge on any atom is 0.416 e. The number of rotatable bonds is 5. The van der Waals surface area contributed by atoms with E-state index in [1.54, 1.807) is 4.90 Å². The number of benzene rings is 2. The largest absolute Gasteiger partial charge is 0.416 e. The summed E-state index contributed by atoms with van der Waals surface area (Å²) in [5.74, 6) is -0.310. The fraction of sp³-hybridized carbons (Fsp3) is 0.423. The number of hydrogen-bond acceptors (Lipinski definition) is 4. The molecule has 2 heterocycles. The number of carbonyl (C=O) groups is 2. The molecule has 1 aliphatic heterocycles. The molecule has 0 spiro atoms. The van der Waals surface area contributed by atoms with E-state index in [0.717, 1.165) is 29.6 Å². The molecule has 1 saturated carbocycles. The number of likely N-dealkylation sites (tertiary alicyclic amines) is 1. The number of imidazole rings is 1. The molecule has 2 fully saturated rings. The first-order valence-electron chi connectivity index (χ1n) is 12.1. The fourth-order valence-electron chi connectivity index (χ4n) is 5.12. The highest BCUT2D eigenvalue weighted by molar-refractivity contribution is 6.04. The fourth-order valence-corrected chi connectivity index (χ4v) is 5.12. The van der Waals surface area contributed by atoms with Crippen LogP contribution >= 0.6 is 0 Å². The Labute approximate surface area is 205 Å². The number of halogens is 3. The lowest BCUT2D eigenvalue weighted by molar-refractivity contribution is -0.137. The Morgan fingerprint density at radius 1 is 1.11 bits per heavy atom. The van der Waals surface area contributed by atoms with Crippen molar-refractivity contribution in [1.82, 2.24) is 14.5 Å². The van der Waals surface area contributed by atoms with Crippen molar-refractivity contribution in [1.29, 1.82) is 0 Å². The molecule has 0 unspecified atom stereocenters. The summed E-state index contributed by atoms with van der Waals surface area (Å²) >= 11 is 0. The highest BCUT2D eigenvalue weighted by atomic mass is 19.4. The first-order chi connectivity index (χ1) is 17.2. The van der Waals surface area contributed by atoms with Gasteiger partial charge in [-0.2, -0.15) is 13.2 Å². The van der Waals surface area contributed by atoms with Crippen LogP contribution in [0.15, 0.2) is 42.5 Å². The summed E-state index contributed by atoms with van der Waals surface area (Å²) in [4.78, 5) is 31.5. The Hall–Kier alpha value is -3.40. The molecule has 0 atom stereocenters. The summed E-state index contributed by atoms with van der Waals surface area (Å²) in [6, 6.07) is 9.98. The van der Waals surface area contributed by atoms with E-state index < -0.39 is 17.6 Å². The van der Waals surface area contributed by atoms with Crippen molar-refractivity contribution in [3.63, 3.8) is 0 Å². The summed E-state index contributed by atoms with van der Waals surface area (Å²) in [5, 5.41) is 12.7. The number of carbonyl (C=O) groups excluding carboxylic acids is 2. The molecule has 1 aromatic heterocycles. The van der Waals surface area contributed by atoms with E-state index in [2.05, 4.69) is 10.3 Å². The van der Waals surface area contributed by atoms with Gasteiger partial charge in [0.25, 0.3) is 5.91 Å². The Morgan fingerprint density at radius 3 is 2.58 bits per heavy atom. The monoisotopic (exact) mass is 500 g/mol. The number of hydrogen-bond donors (Lipinski definition) is 2. The van der Waals surface area contributed by atoms with Crippen molar-refractivity contribution in [2.24, 2.45) is 0 Å². The van der Waals surface area contributed by atoms with E-state index in [-0.39, 0.29) is 29.6 Å². The standard InChI is InChI=1S/C26H27F3N4O3/c27-26(28,29)18-4-1-3-17(14-18)24(36)31-25-30-21-13-16(15-32-12-2-5-23(32)35)6-11-22(21)33(25)19-7-9-20(34)10-8-19/h1,3-4,6,11,13-14,19-20,34H,2,5,7-10,12,15H2,(H,30,31,36). The summed E-state index contributed by atoms with van der Waals surface area (Å²) in [6.45, 7) is 1.19. The zero-order valence-electron chi connectivity index (χ0n) is 19.6. The predicted octanol–water partition coefficient (Wildman–Crippen LogP) is 4.91. The number of aromatic nitrogens is 2. The number of amides is 2. The van der Waals surface area contributed by atoms with Gasteiger partial charge in [0.2, 0.25) is 11.9 Å². The third kappa shape index (κ3) is 4.95. The lowest BCUT2D eigenvalue weighted by Gasteiger charge is -2.28. The third-order valence-electron chi connectivity index (χ3n) is 7.01. The second kappa shape index (κ2) is 9.57. The van der Waals surface area contributed by atoms with Crippen LogP contribution in [0.3, 0.4) is 0 Å². The maximum atomic E-state index is 13.2. The van der Waals surface area contributed by atoms with Crippen LogP contribution in [0.2, 0.25) is 0 Å². The van der Waals surface area contributed by atoms with E-state index in [4.69, 9.17) is 0 Å². The van der Waals surface area contributed by atoms with Gasteiger partial charge < -0.3 is 14.6 Å². The average Bonchev–Trinajstić information content (AvgIpc) is 3.41. The van der Waals surface area contributed by atoms with Gasteiger partial charge in [0, 0.05) is 31.1 Å². The van der Waals surface area contributed by atoms with Crippen LogP contribution in [0.1, 0.15) is 66.1 Å². The molecule has 1 aliphatic carbocycles. The molecule has 1 saturated heterocycles. The lowest BCUT2D eigenvalue weighted by Crippen LogP contribution is -2.24. The number of anilines is 1. The molecule has 2 aromatic carbocycles. The molecule has 2 N–H and O–H groups in total. The lowest BCUT2D eigenvalue weighted by atomic mass is 9.93. The topological polar surface area (TPSA) is 87.5 Å². The van der Waals surface area contributed by atoms with Crippen molar-refractivity contribution in [2.75, 3.05) is 11.9 Å². The minimum atomic E-state index is -4.56. The van der Waals surface area contributed by atoms with Crippen molar-refractivity contribution < 1.29 is 27.9 Å². The van der Waals surface area contributed by atoms with Crippen molar-refractivity contribution in [3.05, 3.63) is 59.2 Å². The summed E-state index contributed by atoms with van der Waals surface area (Å²) in [6.07, 6.45) is -0.943. The van der Waals surface area contributed by atoms with Crippen LogP contribution in [-0.4, -0.2) is 44.0 Å². The number of nitrogens with one attached hydrogen (secondary N) is 1. The van der Waals surface area contributed by atoms with E-state index >= 15 is 0 Å². The van der Waals surface area contributed by atoms with E-state index in [9.17, 15) is 27.9 Å². The van der Waals surface area contributed by atoms with Crippen molar-refractivity contribution in [3.8, 4) is 0 Å². The van der Waals surface area contributed by atoms with E-state index in [0.29, 0.717) is 50.7 Å². The Balaban J connectivity index is 1.48. The smallest absolute Gasteiger partial charge is 0.393 e. The van der Waals surface area contributed by atoms with Gasteiger partial charge in [0.1, 0.15) is 0 Å². The third-order valence-corrected chi connectivity index (χ3v) is 7.01. The summed E-state index contributed by atoms with van der Waals surface area (Å²) < 4.78 is 41.4. The molecule has 2 aliphatic rings. The zero-order valence-corrected chi connectivity index (χ0v) is 19.6. The zero-order chi connectivity index (χ0) is 25.4. The predicted molar refractivity (Wildman–Crippen MR) is 127 cm³/mol. The highest BCUT2D eigenvalue weighted by Gasteiger charge is 2.31. The van der Waals surface area contributed by atoms with Gasteiger partial charge in [-0.15, -0.1) is 0 Å². The first-order valence-corrected chi connectivity index (χ1v) is 12.1. The van der Waals surface area contributed by atoms with Crippen molar-refractivity contribution >= 4 is 28.8 Å². The number of aliphatic hydroxyl groups is 1. The molecule has 5 rings (SSSR count). The molecule has 36 heavy (non-hydrogen) atoms. The Kier molecular flexibility index (Phi) is 6.46. The van der Waals surface area contributed by atoms with E-state index in [1.807, 2.05) is 22.8 Å². The molecular weight excluding hydrogens is 473 g/mol. The number of aliphatic hydroxyl groups excluding tert-OH is 1. The van der Waals surface area contributed by atoms with E-state index in [1.165, 1.54) is 12.1 Å². The summed E-state index contributed by atoms with van der Waals surface area (Å²) in [5.41, 5.74) is 1.32. The summed E-state index contributed by atoms with van der Waals surface area (Å²) in [7, 11) is 0. The SMILES string of the molecule is O=C(Nc1nc2cc(CN3CCCC3=O)ccc2n1C1CCC(O)CC1)c1cccc(C(F)(F)F)c1. The second-order valence-electron chi connectivity index (χ2n) is 9.54. The minimum Gasteiger partial charge on any atom is -0.393 e. The van der Waals surface area contributed by atoms with Crippen LogP contribution in [0.5, 0.6) is 0 Å². The first kappa shape index (κ1) is 24.3. The van der Waals surface area contributed by atoms with Gasteiger partial charge >= 0.3 is 6.18 Å². The van der Waals surface area contributed by atoms with Crippen LogP contribution in [0.4, 0.5) is 19.1 Å². The van der Waals surface area contributed by atoms with Gasteiger partial charge in [-0.3, -0.25) is 14.9 Å². The normalized spacial score (nSPS) is 20.8. The van der Waals surface area contributed by atoms with Crippen LogP contribution in [0, 0.1) is 0 Å². The van der Waals surface area contributed by atoms with Crippen LogP contribution < -0.4 is 5.32 Å². The quantitative estimate of drug-likeness (QED) is 0.522. The number of nitrogens with zero attached hydrogens (tertiary/aromatic N) is 3. The molecule has 0 radical (unpaired) electrons. The Morgan fingerprint density at radius 2 is 1.89 bits per heavy atom. The molecular formula is C26H27F3N4O3. The van der Waals surface area contributed by atoms with Crippen LogP contribution in [0.25, 0.3) is 11.0 Å². The van der Waals surface area contributed by atoms with Gasteiger partial charge in [-0.1, -0.05) is 12.1 Å². The van der Waals surface area contributed by atoms with Gasteiger partial charge in [-0.05, 0) is 68.0 Å². The second-order valence-corrected chi connectivity index (χ2v) is 9.54. The molecule has 2 amide bonds. The maximum absolute atomic E-state index is 13.2. The highest BCUT2D eigenvalue weighted by Crippen LogP contribution is 2.35. The Bertz CT molecular complexity index is 1300. The van der Waals surface area contributed by atoms with Gasteiger partial charge in [0.15, 0.2) is 0 Å². The average molecular weight is 501 g/mol. The number of fused-ring (bicyclic) bond motifs is 1. The van der Waals surface area contributed by atoms with Gasteiger partial charge in [-0.25, -0.2) is 4.98 Å². The molecule has 7 nitrogen and oxygen atoms in total. The molecule has 10 heteroatoms. The van der Waals surface area contributed by atoms with Gasteiger partial charge in [0.05, 0.1) is 22.7 Å². The van der Waals surface area contributed by atoms with Crippen molar-refractivity contribution in [2.45, 2.75) is 63.4 Å².